The average Bonchev–Trinajstić information content (AvgIpc) is 2.58. The van der Waals surface area contributed by atoms with Crippen LogP contribution in [-0.4, -0.2) is 31.0 Å². The lowest BCUT2D eigenvalue weighted by Crippen LogP contribution is -2.34. The van der Waals surface area contributed by atoms with Crippen LogP contribution in [0.3, 0.4) is 0 Å². The Bertz CT molecular complexity index is 519. The molecule has 1 saturated carbocycles. The maximum atomic E-state index is 9.55. The highest BCUT2D eigenvalue weighted by Gasteiger charge is 2.18. The summed E-state index contributed by atoms with van der Waals surface area (Å²) >= 11 is 0. The van der Waals surface area contributed by atoms with Crippen LogP contribution in [0.15, 0.2) is 18.2 Å². The van der Waals surface area contributed by atoms with E-state index in [0.29, 0.717) is 31.2 Å². The monoisotopic (exact) mass is 318 g/mol. The molecule has 0 bridgehead atoms. The SMILES string of the molecule is COc1ccc(CNC2CCC(O)CC2)cc1OCCCC#N. The molecule has 0 saturated heterocycles. The zero-order valence-corrected chi connectivity index (χ0v) is 13.8. The molecule has 1 aliphatic rings. The van der Waals surface area contributed by atoms with E-state index in [1.54, 1.807) is 7.11 Å². The number of rotatable bonds is 8. The van der Waals surface area contributed by atoms with E-state index in [1.807, 2.05) is 18.2 Å². The van der Waals surface area contributed by atoms with E-state index in [4.69, 9.17) is 14.7 Å². The molecular formula is C18H26N2O3. The fourth-order valence-corrected chi connectivity index (χ4v) is 2.82. The van der Waals surface area contributed by atoms with Crippen molar-refractivity contribution in [3.8, 4) is 17.6 Å². The van der Waals surface area contributed by atoms with Crippen LogP contribution in [0.1, 0.15) is 44.1 Å². The molecule has 2 N–H and O–H groups in total. The Hall–Kier alpha value is -1.77. The minimum atomic E-state index is -0.123. The van der Waals surface area contributed by atoms with Crippen LogP contribution in [0.25, 0.3) is 0 Å². The zero-order valence-electron chi connectivity index (χ0n) is 13.8. The minimum absolute atomic E-state index is 0.123. The minimum Gasteiger partial charge on any atom is -0.493 e. The van der Waals surface area contributed by atoms with Gasteiger partial charge in [-0.1, -0.05) is 6.07 Å². The molecule has 2 rings (SSSR count). The third kappa shape index (κ3) is 5.74. The molecule has 0 heterocycles. The highest BCUT2D eigenvalue weighted by molar-refractivity contribution is 5.43. The second-order valence-corrected chi connectivity index (χ2v) is 5.98. The summed E-state index contributed by atoms with van der Waals surface area (Å²) in [6.45, 7) is 1.29. The Balaban J connectivity index is 1.87. The van der Waals surface area contributed by atoms with Crippen molar-refractivity contribution in [2.24, 2.45) is 0 Å². The molecule has 1 fully saturated rings. The Kier molecular flexibility index (Phi) is 7.18. The van der Waals surface area contributed by atoms with Gasteiger partial charge in [-0.2, -0.15) is 5.26 Å². The summed E-state index contributed by atoms with van der Waals surface area (Å²) in [6.07, 6.45) is 4.90. The van der Waals surface area contributed by atoms with E-state index < -0.39 is 0 Å². The number of unbranched alkanes of at least 4 members (excludes halogenated alkanes) is 1. The van der Waals surface area contributed by atoms with Gasteiger partial charge in [0.2, 0.25) is 0 Å². The number of aliphatic hydroxyl groups is 1. The molecular weight excluding hydrogens is 292 g/mol. The van der Waals surface area contributed by atoms with Gasteiger partial charge in [0, 0.05) is 19.0 Å². The Morgan fingerprint density at radius 3 is 2.74 bits per heavy atom. The van der Waals surface area contributed by atoms with Gasteiger partial charge in [-0.3, -0.25) is 0 Å². The van der Waals surface area contributed by atoms with E-state index in [0.717, 1.165) is 43.5 Å². The zero-order chi connectivity index (χ0) is 16.5. The predicted molar refractivity (Wildman–Crippen MR) is 88.4 cm³/mol. The van der Waals surface area contributed by atoms with E-state index in [1.165, 1.54) is 0 Å². The normalized spacial score (nSPS) is 20.7. The van der Waals surface area contributed by atoms with Crippen molar-refractivity contribution in [2.45, 2.75) is 57.2 Å². The number of nitrogens with zero attached hydrogens (tertiary/aromatic N) is 1. The molecule has 126 valence electrons. The lowest BCUT2D eigenvalue weighted by atomic mass is 9.93. The molecule has 0 radical (unpaired) electrons. The molecule has 1 aromatic rings. The van der Waals surface area contributed by atoms with Crippen LogP contribution in [0.2, 0.25) is 0 Å². The Morgan fingerprint density at radius 1 is 1.26 bits per heavy atom. The lowest BCUT2D eigenvalue weighted by molar-refractivity contribution is 0.116. The van der Waals surface area contributed by atoms with E-state index >= 15 is 0 Å². The van der Waals surface area contributed by atoms with Gasteiger partial charge in [-0.15, -0.1) is 0 Å². The van der Waals surface area contributed by atoms with Crippen LogP contribution >= 0.6 is 0 Å². The summed E-state index contributed by atoms with van der Waals surface area (Å²) in [5, 5.41) is 21.7. The molecule has 5 nitrogen and oxygen atoms in total. The van der Waals surface area contributed by atoms with Gasteiger partial charge in [-0.05, 0) is 49.8 Å². The molecule has 0 aromatic heterocycles. The van der Waals surface area contributed by atoms with Gasteiger partial charge in [0.15, 0.2) is 11.5 Å². The lowest BCUT2D eigenvalue weighted by Gasteiger charge is -2.26. The molecule has 0 aliphatic heterocycles. The first kappa shape index (κ1) is 17.6. The van der Waals surface area contributed by atoms with Crippen molar-refractivity contribution in [1.82, 2.24) is 5.32 Å². The molecule has 1 aliphatic carbocycles. The average molecular weight is 318 g/mol. The van der Waals surface area contributed by atoms with Gasteiger partial charge in [0.05, 0.1) is 25.9 Å². The van der Waals surface area contributed by atoms with Crippen molar-refractivity contribution in [2.75, 3.05) is 13.7 Å². The highest BCUT2D eigenvalue weighted by atomic mass is 16.5. The van der Waals surface area contributed by atoms with Crippen molar-refractivity contribution in [1.29, 1.82) is 5.26 Å². The maximum absolute atomic E-state index is 9.55. The summed E-state index contributed by atoms with van der Waals surface area (Å²) in [5.74, 6) is 1.44. The topological polar surface area (TPSA) is 74.5 Å². The molecule has 0 amide bonds. The number of ether oxygens (including phenoxy) is 2. The molecule has 23 heavy (non-hydrogen) atoms. The van der Waals surface area contributed by atoms with Crippen LogP contribution in [0, 0.1) is 11.3 Å². The number of benzene rings is 1. The van der Waals surface area contributed by atoms with Crippen molar-refractivity contribution >= 4 is 0 Å². The first-order chi connectivity index (χ1) is 11.2. The third-order valence-corrected chi connectivity index (χ3v) is 4.21. The van der Waals surface area contributed by atoms with E-state index in [-0.39, 0.29) is 6.10 Å². The van der Waals surface area contributed by atoms with Crippen LogP contribution in [-0.2, 0) is 6.54 Å². The Labute approximate surface area is 138 Å². The van der Waals surface area contributed by atoms with Crippen LogP contribution in [0.4, 0.5) is 0 Å². The predicted octanol–water partition coefficient (Wildman–Crippen LogP) is 2.77. The van der Waals surface area contributed by atoms with Crippen molar-refractivity contribution < 1.29 is 14.6 Å². The number of aliphatic hydroxyl groups excluding tert-OH is 1. The summed E-state index contributed by atoms with van der Waals surface area (Å²) < 4.78 is 11.1. The molecule has 0 spiro atoms. The number of hydrogen-bond acceptors (Lipinski definition) is 5. The largest absolute Gasteiger partial charge is 0.493 e. The molecule has 5 heteroatoms. The smallest absolute Gasteiger partial charge is 0.161 e. The van der Waals surface area contributed by atoms with Gasteiger partial charge in [0.1, 0.15) is 0 Å². The molecule has 0 unspecified atom stereocenters. The fraction of sp³-hybridized carbons (Fsp3) is 0.611. The fourth-order valence-electron chi connectivity index (χ4n) is 2.82. The molecule has 0 atom stereocenters. The van der Waals surface area contributed by atoms with Gasteiger partial charge in [0.25, 0.3) is 0 Å². The van der Waals surface area contributed by atoms with Crippen LogP contribution < -0.4 is 14.8 Å². The van der Waals surface area contributed by atoms with Gasteiger partial charge >= 0.3 is 0 Å². The maximum Gasteiger partial charge on any atom is 0.161 e. The number of nitrogens with one attached hydrogen (secondary N) is 1. The van der Waals surface area contributed by atoms with Crippen molar-refractivity contribution in [3.63, 3.8) is 0 Å². The van der Waals surface area contributed by atoms with Gasteiger partial charge in [-0.25, -0.2) is 0 Å². The number of nitriles is 1. The summed E-state index contributed by atoms with van der Waals surface area (Å²) in [6, 6.07) is 8.53. The van der Waals surface area contributed by atoms with E-state index in [2.05, 4.69) is 11.4 Å². The first-order valence-electron chi connectivity index (χ1n) is 8.31. The highest BCUT2D eigenvalue weighted by Crippen LogP contribution is 2.28. The number of methoxy groups -OCH3 is 1. The summed E-state index contributed by atoms with van der Waals surface area (Å²) in [4.78, 5) is 0. The second kappa shape index (κ2) is 9.39. The quantitative estimate of drug-likeness (QED) is 0.721. The Morgan fingerprint density at radius 2 is 2.04 bits per heavy atom. The van der Waals surface area contributed by atoms with Crippen molar-refractivity contribution in [3.05, 3.63) is 23.8 Å². The van der Waals surface area contributed by atoms with Crippen LogP contribution in [0.5, 0.6) is 11.5 Å². The summed E-state index contributed by atoms with van der Waals surface area (Å²) in [7, 11) is 1.63. The summed E-state index contributed by atoms with van der Waals surface area (Å²) in [5.41, 5.74) is 1.15. The number of hydrogen-bond donors (Lipinski definition) is 2. The molecule has 1 aromatic carbocycles. The van der Waals surface area contributed by atoms with Gasteiger partial charge < -0.3 is 19.9 Å². The first-order valence-corrected chi connectivity index (χ1v) is 8.31. The second-order valence-electron chi connectivity index (χ2n) is 5.98. The standard InChI is InChI=1S/C18H26N2O3/c1-22-17-9-4-14(12-18(17)23-11-3-2-10-19)13-20-15-5-7-16(21)8-6-15/h4,9,12,15-16,20-21H,2-3,5-8,11,13H2,1H3. The van der Waals surface area contributed by atoms with E-state index in [9.17, 15) is 5.11 Å². The third-order valence-electron chi connectivity index (χ3n) is 4.21.